The van der Waals surface area contributed by atoms with E-state index >= 15 is 0 Å². The SMILES string of the molecule is CC.O=c1cc(-c2c(OS(=O)(=O)C(F)(F)F)cc[nH]c2=S)ncn1-c1ccc(Cl)cc1. The first-order valence-electron chi connectivity index (χ1n) is 8.57. The normalized spacial score (nSPS) is 11.4. The molecule has 1 aromatic carbocycles. The van der Waals surface area contributed by atoms with Crippen molar-refractivity contribution in [3.8, 4) is 22.7 Å². The van der Waals surface area contributed by atoms with E-state index in [1.54, 1.807) is 24.3 Å². The van der Waals surface area contributed by atoms with Gasteiger partial charge < -0.3 is 9.17 Å². The molecule has 0 radical (unpaired) electrons. The van der Waals surface area contributed by atoms with Gasteiger partial charge in [-0.25, -0.2) is 4.98 Å². The maximum absolute atomic E-state index is 12.7. The van der Waals surface area contributed by atoms with Crippen molar-refractivity contribution in [3.63, 3.8) is 0 Å². The highest BCUT2D eigenvalue weighted by Crippen LogP contribution is 2.33. The summed E-state index contributed by atoms with van der Waals surface area (Å²) in [6.45, 7) is 4.00. The molecule has 2 aromatic heterocycles. The van der Waals surface area contributed by atoms with E-state index < -0.39 is 26.9 Å². The Bertz CT molecular complexity index is 1290. The molecule has 13 heteroatoms. The Morgan fingerprint density at radius 2 is 1.77 bits per heavy atom. The number of pyridine rings is 1. The smallest absolute Gasteiger partial charge is 0.375 e. The van der Waals surface area contributed by atoms with Crippen LogP contribution >= 0.6 is 23.8 Å². The predicted octanol–water partition coefficient (Wildman–Crippen LogP) is 4.87. The van der Waals surface area contributed by atoms with E-state index in [9.17, 15) is 26.4 Å². The molecule has 0 saturated heterocycles. The van der Waals surface area contributed by atoms with Crippen molar-refractivity contribution in [3.05, 3.63) is 68.9 Å². The minimum absolute atomic E-state index is 0.170. The maximum atomic E-state index is 12.7. The number of nitrogens with one attached hydrogen (secondary N) is 1. The zero-order valence-electron chi connectivity index (χ0n) is 16.0. The molecule has 2 heterocycles. The Hall–Kier alpha value is -2.70. The van der Waals surface area contributed by atoms with Gasteiger partial charge in [0.1, 0.15) is 11.0 Å². The second-order valence-electron chi connectivity index (χ2n) is 5.49. The number of alkyl halides is 3. The number of rotatable bonds is 4. The van der Waals surface area contributed by atoms with Crippen molar-refractivity contribution in [1.29, 1.82) is 0 Å². The number of benzene rings is 1. The van der Waals surface area contributed by atoms with E-state index in [0.29, 0.717) is 10.7 Å². The predicted molar refractivity (Wildman–Crippen MR) is 112 cm³/mol. The molecule has 0 spiro atoms. The number of H-pyrrole nitrogens is 1. The standard InChI is InChI=1S/C16H9ClF3N3O4S2.C2H6/c17-9-1-3-10(4-2-9)23-8-22-11(7-13(23)24)14-12(5-6-21-15(14)28)27-29(25,26)16(18,19)20;1-2/h1-8H,(H,21,28);1-2H3. The summed E-state index contributed by atoms with van der Waals surface area (Å²) in [5.74, 6) is -0.720. The van der Waals surface area contributed by atoms with Crippen LogP contribution in [0.25, 0.3) is 16.9 Å². The number of hydrogen-bond acceptors (Lipinski definition) is 6. The van der Waals surface area contributed by atoms with Crippen LogP contribution in [-0.4, -0.2) is 28.5 Å². The van der Waals surface area contributed by atoms with Gasteiger partial charge in [0.25, 0.3) is 5.56 Å². The van der Waals surface area contributed by atoms with Crippen LogP contribution < -0.4 is 9.74 Å². The number of hydrogen-bond donors (Lipinski definition) is 1. The van der Waals surface area contributed by atoms with E-state index in [0.717, 1.165) is 29.2 Å². The average Bonchev–Trinajstić information content (AvgIpc) is 2.69. The lowest BCUT2D eigenvalue weighted by Crippen LogP contribution is -2.28. The Morgan fingerprint density at radius 1 is 1.16 bits per heavy atom. The lowest BCUT2D eigenvalue weighted by Gasteiger charge is -2.13. The van der Waals surface area contributed by atoms with Crippen molar-refractivity contribution in [2.75, 3.05) is 0 Å². The maximum Gasteiger partial charge on any atom is 0.534 e. The quantitative estimate of drug-likeness (QED) is 0.317. The zero-order chi connectivity index (χ0) is 23.4. The van der Waals surface area contributed by atoms with Crippen LogP contribution in [0.1, 0.15) is 13.8 Å². The molecule has 0 aliphatic carbocycles. The number of aromatic nitrogens is 3. The number of nitrogens with zero attached hydrogens (tertiary/aromatic N) is 2. The summed E-state index contributed by atoms with van der Waals surface area (Å²) < 4.78 is 65.9. The van der Waals surface area contributed by atoms with Gasteiger partial charge in [0.15, 0.2) is 5.75 Å². The third-order valence-electron chi connectivity index (χ3n) is 3.58. The molecule has 0 amide bonds. The highest BCUT2D eigenvalue weighted by molar-refractivity contribution is 7.88. The largest absolute Gasteiger partial charge is 0.534 e. The van der Waals surface area contributed by atoms with Crippen LogP contribution in [0, 0.1) is 4.64 Å². The van der Waals surface area contributed by atoms with Crippen LogP contribution in [0.5, 0.6) is 5.75 Å². The van der Waals surface area contributed by atoms with Gasteiger partial charge in [-0.05, 0) is 30.3 Å². The van der Waals surface area contributed by atoms with Crippen molar-refractivity contribution < 1.29 is 25.8 Å². The van der Waals surface area contributed by atoms with E-state index in [-0.39, 0.29) is 15.9 Å². The van der Waals surface area contributed by atoms with Crippen LogP contribution in [-0.2, 0) is 10.1 Å². The highest BCUT2D eigenvalue weighted by atomic mass is 35.5. The fourth-order valence-electron chi connectivity index (χ4n) is 2.27. The topological polar surface area (TPSA) is 94.1 Å². The van der Waals surface area contributed by atoms with Gasteiger partial charge in [0, 0.05) is 17.3 Å². The molecule has 0 atom stereocenters. The molecule has 166 valence electrons. The van der Waals surface area contributed by atoms with Crippen LogP contribution in [0.4, 0.5) is 13.2 Å². The van der Waals surface area contributed by atoms with Crippen LogP contribution in [0.2, 0.25) is 5.02 Å². The molecule has 0 aliphatic heterocycles. The van der Waals surface area contributed by atoms with E-state index in [1.165, 1.54) is 0 Å². The third-order valence-corrected chi connectivity index (χ3v) is 5.12. The molecule has 7 nitrogen and oxygen atoms in total. The molecular weight excluding hydrogens is 479 g/mol. The highest BCUT2D eigenvalue weighted by Gasteiger charge is 2.49. The Labute approximate surface area is 185 Å². The average molecular weight is 494 g/mol. The molecule has 31 heavy (non-hydrogen) atoms. The summed E-state index contributed by atoms with van der Waals surface area (Å²) in [6, 6.07) is 8.15. The summed E-state index contributed by atoms with van der Waals surface area (Å²) in [4.78, 5) is 19.0. The minimum Gasteiger partial charge on any atom is -0.375 e. The Kier molecular flexibility index (Phi) is 7.63. The van der Waals surface area contributed by atoms with Gasteiger partial charge in [0.05, 0.1) is 16.9 Å². The van der Waals surface area contributed by atoms with E-state index in [1.807, 2.05) is 13.8 Å². The summed E-state index contributed by atoms with van der Waals surface area (Å²) in [5, 5.41) is 0.453. The van der Waals surface area contributed by atoms with Gasteiger partial charge in [-0.3, -0.25) is 9.36 Å². The minimum atomic E-state index is -5.95. The molecule has 0 aliphatic rings. The Balaban J connectivity index is 0.00000166. The molecule has 3 aromatic rings. The molecule has 0 unspecified atom stereocenters. The summed E-state index contributed by atoms with van der Waals surface area (Å²) in [5.41, 5.74) is -6.25. The first-order chi connectivity index (χ1) is 14.5. The van der Waals surface area contributed by atoms with Crippen molar-refractivity contribution >= 4 is 33.9 Å². The Morgan fingerprint density at radius 3 is 2.32 bits per heavy atom. The van der Waals surface area contributed by atoms with Gasteiger partial charge in [0.2, 0.25) is 0 Å². The lowest BCUT2D eigenvalue weighted by atomic mass is 10.2. The fraction of sp³-hybridized carbons (Fsp3) is 0.167. The van der Waals surface area contributed by atoms with Gasteiger partial charge in [-0.2, -0.15) is 21.6 Å². The van der Waals surface area contributed by atoms with Crippen molar-refractivity contribution in [1.82, 2.24) is 14.5 Å². The zero-order valence-corrected chi connectivity index (χ0v) is 18.4. The van der Waals surface area contributed by atoms with Crippen LogP contribution in [0.3, 0.4) is 0 Å². The van der Waals surface area contributed by atoms with Gasteiger partial charge in [-0.15, -0.1) is 0 Å². The van der Waals surface area contributed by atoms with E-state index in [4.69, 9.17) is 23.8 Å². The first-order valence-corrected chi connectivity index (χ1v) is 10.8. The molecule has 0 saturated carbocycles. The summed E-state index contributed by atoms with van der Waals surface area (Å²) in [7, 11) is -5.95. The molecule has 0 bridgehead atoms. The van der Waals surface area contributed by atoms with Gasteiger partial charge in [-0.1, -0.05) is 37.7 Å². The first kappa shape index (κ1) is 24.6. The van der Waals surface area contributed by atoms with Crippen molar-refractivity contribution in [2.24, 2.45) is 0 Å². The summed E-state index contributed by atoms with van der Waals surface area (Å²) >= 11 is 10.8. The molecular formula is C18H15ClF3N3O4S2. The monoisotopic (exact) mass is 493 g/mol. The molecule has 0 fully saturated rings. The second-order valence-corrected chi connectivity index (χ2v) is 7.87. The van der Waals surface area contributed by atoms with E-state index in [2.05, 4.69) is 14.2 Å². The number of halogens is 4. The van der Waals surface area contributed by atoms with Crippen molar-refractivity contribution in [2.45, 2.75) is 19.4 Å². The molecule has 1 N–H and O–H groups in total. The molecule has 3 rings (SSSR count). The number of aromatic amines is 1. The fourth-order valence-corrected chi connectivity index (χ4v) is 3.14. The summed E-state index contributed by atoms with van der Waals surface area (Å²) in [6.07, 6.45) is 2.21. The second kappa shape index (κ2) is 9.62. The van der Waals surface area contributed by atoms with Crippen LogP contribution in [0.15, 0.2) is 53.7 Å². The third kappa shape index (κ3) is 5.51. The lowest BCUT2D eigenvalue weighted by molar-refractivity contribution is -0.0499. The van der Waals surface area contributed by atoms with Gasteiger partial charge >= 0.3 is 15.6 Å².